The Morgan fingerprint density at radius 2 is 1.65 bits per heavy atom. The zero-order valence-corrected chi connectivity index (χ0v) is 19.7. The van der Waals surface area contributed by atoms with Crippen LogP contribution < -0.4 is 0 Å². The van der Waals surface area contributed by atoms with Gasteiger partial charge in [-0.25, -0.2) is 4.79 Å². The zero-order valence-electron chi connectivity index (χ0n) is 19.7. The van der Waals surface area contributed by atoms with Gasteiger partial charge in [-0.1, -0.05) is 54.6 Å². The van der Waals surface area contributed by atoms with Crippen molar-refractivity contribution in [3.8, 4) is 0 Å². The van der Waals surface area contributed by atoms with Gasteiger partial charge in [0.1, 0.15) is 5.60 Å². The van der Waals surface area contributed by atoms with E-state index in [1.54, 1.807) is 20.8 Å². The van der Waals surface area contributed by atoms with Crippen molar-refractivity contribution in [2.75, 3.05) is 0 Å². The number of carbonyl (C=O) groups excluding carboxylic acids is 4. The number of amides is 1. The molecule has 0 N–H and O–H groups in total. The first kappa shape index (κ1) is 23.7. The molecule has 34 heavy (non-hydrogen) atoms. The van der Waals surface area contributed by atoms with Gasteiger partial charge in [0.05, 0.1) is 12.6 Å². The van der Waals surface area contributed by atoms with Crippen molar-refractivity contribution >= 4 is 23.6 Å². The molecule has 0 bridgehead atoms. The van der Waals surface area contributed by atoms with Gasteiger partial charge in [0.15, 0.2) is 23.6 Å². The second-order valence-corrected chi connectivity index (χ2v) is 9.78. The van der Waals surface area contributed by atoms with Crippen LogP contribution in [0.15, 0.2) is 54.6 Å². The Bertz CT molecular complexity index is 1100. The number of fused-ring (bicyclic) bond motifs is 1. The third-order valence-corrected chi connectivity index (χ3v) is 6.12. The molecule has 0 radical (unpaired) electrons. The first-order chi connectivity index (χ1) is 16.1. The predicted octanol–water partition coefficient (Wildman–Crippen LogP) is 3.66. The van der Waals surface area contributed by atoms with Crippen LogP contribution in [0.3, 0.4) is 0 Å². The van der Waals surface area contributed by atoms with Gasteiger partial charge >= 0.3 is 12.1 Å². The van der Waals surface area contributed by atoms with E-state index >= 15 is 0 Å². The maximum Gasteiger partial charge on any atom is 0.411 e. The van der Waals surface area contributed by atoms with Gasteiger partial charge in [-0.2, -0.15) is 0 Å². The van der Waals surface area contributed by atoms with E-state index in [1.807, 2.05) is 54.6 Å². The summed E-state index contributed by atoms with van der Waals surface area (Å²) in [6.07, 6.45) is -0.555. The standard InChI is InChI=1S/C27H29NO6/c1-27(2,3)34-26(32)28-16-19-12-8-7-11-18(19)15-20(28)23(29)22-24(30)21(33-25(22)31)14-13-17-9-5-4-6-10-17/h4-12,20-22H,13-16H2,1-3H3/t20-,21+,22?/m0/s1. The highest BCUT2D eigenvalue weighted by Crippen LogP contribution is 2.30. The van der Waals surface area contributed by atoms with Gasteiger partial charge in [0.2, 0.25) is 0 Å². The van der Waals surface area contributed by atoms with Crippen molar-refractivity contribution in [3.05, 3.63) is 71.3 Å². The van der Waals surface area contributed by atoms with Crippen molar-refractivity contribution in [2.24, 2.45) is 5.92 Å². The van der Waals surface area contributed by atoms with Crippen LogP contribution in [-0.2, 0) is 43.2 Å². The number of ketones is 2. The fourth-order valence-electron chi connectivity index (χ4n) is 4.45. The van der Waals surface area contributed by atoms with E-state index in [9.17, 15) is 19.2 Å². The monoisotopic (exact) mass is 463 g/mol. The van der Waals surface area contributed by atoms with Gasteiger partial charge in [-0.15, -0.1) is 0 Å². The normalized spacial score (nSPS) is 22.2. The van der Waals surface area contributed by atoms with Crippen molar-refractivity contribution in [3.63, 3.8) is 0 Å². The fraction of sp³-hybridized carbons (Fsp3) is 0.407. The Morgan fingerprint density at radius 3 is 2.32 bits per heavy atom. The SMILES string of the molecule is CC(C)(C)OC(=O)N1Cc2ccccc2C[C@H]1C(=O)C1C(=O)O[C@H](CCc2ccccc2)C1=O. The van der Waals surface area contributed by atoms with Gasteiger partial charge in [0, 0.05) is 6.42 Å². The molecule has 7 nitrogen and oxygen atoms in total. The zero-order chi connectivity index (χ0) is 24.5. The number of hydrogen-bond donors (Lipinski definition) is 0. The maximum atomic E-state index is 13.6. The van der Waals surface area contributed by atoms with Gasteiger partial charge in [-0.3, -0.25) is 19.3 Å². The van der Waals surface area contributed by atoms with Crippen LogP contribution in [-0.4, -0.2) is 46.3 Å². The number of Topliss-reactive ketones (excluding diaryl/α,β-unsaturated/α-hetero) is 2. The van der Waals surface area contributed by atoms with Crippen molar-refractivity contribution in [1.29, 1.82) is 0 Å². The van der Waals surface area contributed by atoms with E-state index in [0.717, 1.165) is 16.7 Å². The quantitative estimate of drug-likeness (QED) is 0.497. The summed E-state index contributed by atoms with van der Waals surface area (Å²) >= 11 is 0. The predicted molar refractivity (Wildman–Crippen MR) is 124 cm³/mol. The van der Waals surface area contributed by atoms with Crippen molar-refractivity contribution in [1.82, 2.24) is 4.90 Å². The lowest BCUT2D eigenvalue weighted by molar-refractivity contribution is -0.148. The summed E-state index contributed by atoms with van der Waals surface area (Å²) in [6.45, 7) is 5.40. The smallest absolute Gasteiger partial charge is 0.411 e. The molecule has 2 aromatic carbocycles. The highest BCUT2D eigenvalue weighted by molar-refractivity contribution is 6.23. The molecular weight excluding hydrogens is 434 g/mol. The molecule has 0 saturated carbocycles. The molecule has 2 aliphatic rings. The van der Waals surface area contributed by atoms with Crippen LogP contribution in [0.1, 0.15) is 43.9 Å². The second kappa shape index (κ2) is 9.41. The van der Waals surface area contributed by atoms with Gasteiger partial charge < -0.3 is 9.47 Å². The lowest BCUT2D eigenvalue weighted by Crippen LogP contribution is -2.53. The molecule has 2 heterocycles. The Hall–Kier alpha value is -3.48. The first-order valence-electron chi connectivity index (χ1n) is 11.5. The minimum absolute atomic E-state index is 0.162. The van der Waals surface area contributed by atoms with E-state index in [-0.39, 0.29) is 13.0 Å². The average molecular weight is 464 g/mol. The number of cyclic esters (lactones) is 1. The van der Waals surface area contributed by atoms with E-state index in [1.165, 1.54) is 4.90 Å². The third-order valence-electron chi connectivity index (χ3n) is 6.12. The van der Waals surface area contributed by atoms with Gasteiger partial charge in [0.25, 0.3) is 0 Å². The number of nitrogens with zero attached hydrogens (tertiary/aromatic N) is 1. The lowest BCUT2D eigenvalue weighted by atomic mass is 9.85. The molecule has 4 rings (SSSR count). The Labute approximate surface area is 199 Å². The van der Waals surface area contributed by atoms with Crippen molar-refractivity contribution < 1.29 is 28.7 Å². The number of esters is 1. The average Bonchev–Trinajstić information content (AvgIpc) is 3.08. The highest BCUT2D eigenvalue weighted by atomic mass is 16.6. The second-order valence-electron chi connectivity index (χ2n) is 9.78. The molecule has 1 amide bonds. The number of benzene rings is 2. The summed E-state index contributed by atoms with van der Waals surface area (Å²) in [7, 11) is 0. The van der Waals surface area contributed by atoms with Crippen LogP contribution in [0.25, 0.3) is 0 Å². The lowest BCUT2D eigenvalue weighted by Gasteiger charge is -2.37. The topological polar surface area (TPSA) is 90.0 Å². The van der Waals surface area contributed by atoms with Crippen LogP contribution in [0.5, 0.6) is 0 Å². The molecule has 3 atom stereocenters. The van der Waals surface area contributed by atoms with Crippen LogP contribution in [0, 0.1) is 5.92 Å². The third kappa shape index (κ3) is 5.03. The fourth-order valence-corrected chi connectivity index (χ4v) is 4.45. The maximum absolute atomic E-state index is 13.6. The van der Waals surface area contributed by atoms with Crippen LogP contribution in [0.2, 0.25) is 0 Å². The minimum Gasteiger partial charge on any atom is -0.453 e. The summed E-state index contributed by atoms with van der Waals surface area (Å²) in [5.74, 6) is -3.51. The molecule has 7 heteroatoms. The van der Waals surface area contributed by atoms with Crippen molar-refractivity contribution in [2.45, 2.75) is 64.3 Å². The van der Waals surface area contributed by atoms with E-state index in [4.69, 9.17) is 9.47 Å². The molecule has 2 aromatic rings. The Morgan fingerprint density at radius 1 is 1.00 bits per heavy atom. The molecule has 0 spiro atoms. The molecule has 1 fully saturated rings. The molecule has 2 aliphatic heterocycles. The number of aryl methyl sites for hydroxylation is 1. The van der Waals surface area contributed by atoms with E-state index in [2.05, 4.69) is 0 Å². The number of carbonyl (C=O) groups is 4. The van der Waals surface area contributed by atoms with E-state index in [0.29, 0.717) is 12.8 Å². The molecular formula is C27H29NO6. The Balaban J connectivity index is 1.54. The summed E-state index contributed by atoms with van der Waals surface area (Å²) in [5.41, 5.74) is 2.06. The van der Waals surface area contributed by atoms with Gasteiger partial charge in [-0.05, 0) is 50.3 Å². The molecule has 178 valence electrons. The van der Waals surface area contributed by atoms with E-state index < -0.39 is 47.3 Å². The molecule has 0 aliphatic carbocycles. The highest BCUT2D eigenvalue weighted by Gasteiger charge is 2.51. The minimum atomic E-state index is -1.53. The number of rotatable bonds is 5. The number of ether oxygens (including phenoxy) is 2. The summed E-state index contributed by atoms with van der Waals surface area (Å²) in [6, 6.07) is 16.1. The van der Waals surface area contributed by atoms with Crippen LogP contribution >= 0.6 is 0 Å². The summed E-state index contributed by atoms with van der Waals surface area (Å²) < 4.78 is 10.9. The molecule has 0 aromatic heterocycles. The molecule has 1 saturated heterocycles. The summed E-state index contributed by atoms with van der Waals surface area (Å²) in [4.78, 5) is 53.6. The van der Waals surface area contributed by atoms with Crippen LogP contribution in [0.4, 0.5) is 4.79 Å². The largest absolute Gasteiger partial charge is 0.453 e. The first-order valence-corrected chi connectivity index (χ1v) is 11.5. The molecule has 1 unspecified atom stereocenters. The summed E-state index contributed by atoms with van der Waals surface area (Å²) in [5, 5.41) is 0. The number of hydrogen-bond acceptors (Lipinski definition) is 6. The Kier molecular flexibility index (Phi) is 6.55.